The Bertz CT molecular complexity index is 441. The summed E-state index contributed by atoms with van der Waals surface area (Å²) in [4.78, 5) is 2.44. The molecule has 0 radical (unpaired) electrons. The van der Waals surface area contributed by atoms with Crippen LogP contribution in [0.15, 0.2) is 18.3 Å². The van der Waals surface area contributed by atoms with Gasteiger partial charge >= 0.3 is 0 Å². The van der Waals surface area contributed by atoms with Crippen LogP contribution >= 0.6 is 22.9 Å². The molecule has 0 aliphatic carbocycles. The molecule has 0 spiro atoms. The number of halogens is 1. The Hall–Kier alpha value is -0.840. The van der Waals surface area contributed by atoms with Crippen LogP contribution in [-0.4, -0.2) is 9.78 Å². The predicted molar refractivity (Wildman–Crippen MR) is 63.3 cm³/mol. The van der Waals surface area contributed by atoms with Gasteiger partial charge < -0.3 is 5.73 Å². The highest BCUT2D eigenvalue weighted by Gasteiger charge is 2.04. The van der Waals surface area contributed by atoms with Gasteiger partial charge in [-0.2, -0.15) is 5.10 Å². The normalized spacial score (nSPS) is 10.9. The molecule has 15 heavy (non-hydrogen) atoms. The van der Waals surface area contributed by atoms with E-state index in [0.29, 0.717) is 11.6 Å². The zero-order valence-corrected chi connectivity index (χ0v) is 9.98. The maximum Gasteiger partial charge on any atom is 0.0815 e. The fourth-order valence-electron chi connectivity index (χ4n) is 1.35. The lowest BCUT2D eigenvalue weighted by Gasteiger charge is -1.96. The Morgan fingerprint density at radius 1 is 1.47 bits per heavy atom. The summed E-state index contributed by atoms with van der Waals surface area (Å²) >= 11 is 7.64. The van der Waals surface area contributed by atoms with E-state index in [2.05, 4.69) is 17.2 Å². The summed E-state index contributed by atoms with van der Waals surface area (Å²) in [5, 5.41) is 5.01. The molecule has 0 aliphatic rings. The number of nitrogens with two attached hydrogens (primary N) is 1. The number of hydrogen-bond donors (Lipinski definition) is 1. The first kappa shape index (κ1) is 10.7. The van der Waals surface area contributed by atoms with Crippen LogP contribution in [0.5, 0.6) is 0 Å². The van der Waals surface area contributed by atoms with Crippen LogP contribution in [0.2, 0.25) is 5.02 Å². The van der Waals surface area contributed by atoms with Crippen molar-refractivity contribution >= 4 is 22.9 Å². The van der Waals surface area contributed by atoms with Gasteiger partial charge in [-0.05, 0) is 19.1 Å². The predicted octanol–water partition coefficient (Wildman–Crippen LogP) is 2.41. The van der Waals surface area contributed by atoms with Crippen molar-refractivity contribution in [2.45, 2.75) is 20.0 Å². The van der Waals surface area contributed by atoms with Crippen LogP contribution in [0.3, 0.4) is 0 Å². The summed E-state index contributed by atoms with van der Waals surface area (Å²) in [6.07, 6.45) is 1.85. The van der Waals surface area contributed by atoms with E-state index in [9.17, 15) is 0 Å². The SMILES string of the molecule is Cc1nn(Cc2ccc(CN)s2)cc1Cl. The summed E-state index contributed by atoms with van der Waals surface area (Å²) in [6.45, 7) is 3.26. The third-order valence-corrected chi connectivity index (χ3v) is 3.59. The van der Waals surface area contributed by atoms with Gasteiger partial charge in [-0.25, -0.2) is 0 Å². The molecule has 3 nitrogen and oxygen atoms in total. The maximum absolute atomic E-state index is 5.93. The summed E-state index contributed by atoms with van der Waals surface area (Å²) in [5.74, 6) is 0. The van der Waals surface area contributed by atoms with Gasteiger partial charge in [-0.1, -0.05) is 11.6 Å². The monoisotopic (exact) mass is 241 g/mol. The number of nitrogens with zero attached hydrogens (tertiary/aromatic N) is 2. The molecule has 5 heteroatoms. The van der Waals surface area contributed by atoms with Crippen LogP contribution in [0.4, 0.5) is 0 Å². The molecule has 0 fully saturated rings. The van der Waals surface area contributed by atoms with Gasteiger partial charge in [0.15, 0.2) is 0 Å². The Morgan fingerprint density at radius 2 is 2.20 bits per heavy atom. The van der Waals surface area contributed by atoms with Crippen LogP contribution in [0.1, 0.15) is 15.4 Å². The van der Waals surface area contributed by atoms with Crippen LogP contribution in [0.25, 0.3) is 0 Å². The van der Waals surface area contributed by atoms with E-state index in [4.69, 9.17) is 17.3 Å². The van der Waals surface area contributed by atoms with Crippen molar-refractivity contribution in [2.75, 3.05) is 0 Å². The smallest absolute Gasteiger partial charge is 0.0815 e. The van der Waals surface area contributed by atoms with E-state index in [1.54, 1.807) is 11.3 Å². The second-order valence-corrected chi connectivity index (χ2v) is 4.99. The van der Waals surface area contributed by atoms with E-state index in [-0.39, 0.29) is 0 Å². The molecule has 0 unspecified atom stereocenters. The van der Waals surface area contributed by atoms with Gasteiger partial charge in [0.05, 0.1) is 17.3 Å². The van der Waals surface area contributed by atoms with E-state index in [0.717, 1.165) is 12.2 Å². The van der Waals surface area contributed by atoms with Crippen molar-refractivity contribution < 1.29 is 0 Å². The van der Waals surface area contributed by atoms with Gasteiger partial charge in [-0.15, -0.1) is 11.3 Å². The van der Waals surface area contributed by atoms with Gasteiger partial charge in [0, 0.05) is 22.5 Å². The minimum absolute atomic E-state index is 0.601. The first-order valence-electron chi connectivity index (χ1n) is 4.66. The van der Waals surface area contributed by atoms with Crippen molar-refractivity contribution in [2.24, 2.45) is 5.73 Å². The third-order valence-electron chi connectivity index (χ3n) is 2.12. The molecule has 2 N–H and O–H groups in total. The summed E-state index contributed by atoms with van der Waals surface area (Å²) in [6, 6.07) is 4.13. The quantitative estimate of drug-likeness (QED) is 0.897. The molecule has 0 saturated heterocycles. The Labute approximate surface area is 97.5 Å². The standard InChI is InChI=1S/C10H12ClN3S/c1-7-10(11)6-14(13-7)5-9-3-2-8(4-12)15-9/h2-3,6H,4-5,12H2,1H3. The van der Waals surface area contributed by atoms with Crippen LogP contribution < -0.4 is 5.73 Å². The summed E-state index contributed by atoms with van der Waals surface area (Å²) in [7, 11) is 0. The fraction of sp³-hybridized carbons (Fsp3) is 0.300. The lowest BCUT2D eigenvalue weighted by Crippen LogP contribution is -1.98. The van der Waals surface area contributed by atoms with Gasteiger partial charge in [0.1, 0.15) is 0 Å². The van der Waals surface area contributed by atoms with Gasteiger partial charge in [0.25, 0.3) is 0 Å². The molecule has 2 aromatic heterocycles. The van der Waals surface area contributed by atoms with Crippen molar-refractivity contribution in [3.8, 4) is 0 Å². The van der Waals surface area contributed by atoms with Gasteiger partial charge in [-0.3, -0.25) is 4.68 Å². The zero-order chi connectivity index (χ0) is 10.8. The molecule has 0 bridgehead atoms. The molecule has 2 heterocycles. The largest absolute Gasteiger partial charge is 0.326 e. The second-order valence-electron chi connectivity index (χ2n) is 3.33. The lowest BCUT2D eigenvalue weighted by molar-refractivity contribution is 0.687. The first-order valence-corrected chi connectivity index (χ1v) is 5.85. The van der Waals surface area contributed by atoms with E-state index in [1.165, 1.54) is 9.75 Å². The lowest BCUT2D eigenvalue weighted by atomic mass is 10.4. The number of hydrogen-bond acceptors (Lipinski definition) is 3. The molecule has 2 aromatic rings. The molecule has 0 aliphatic heterocycles. The maximum atomic E-state index is 5.93. The first-order chi connectivity index (χ1) is 7.19. The molecule has 0 aromatic carbocycles. The summed E-state index contributed by atoms with van der Waals surface area (Å²) in [5.41, 5.74) is 6.42. The Kier molecular flexibility index (Phi) is 3.09. The van der Waals surface area contributed by atoms with E-state index < -0.39 is 0 Å². The molecule has 2 rings (SSSR count). The molecular weight excluding hydrogens is 230 g/mol. The molecule has 0 atom stereocenters. The Balaban J connectivity index is 2.14. The highest BCUT2D eigenvalue weighted by atomic mass is 35.5. The van der Waals surface area contributed by atoms with Crippen molar-refractivity contribution in [3.05, 3.63) is 38.8 Å². The second kappa shape index (κ2) is 4.35. The van der Waals surface area contributed by atoms with Crippen molar-refractivity contribution in [3.63, 3.8) is 0 Å². The highest BCUT2D eigenvalue weighted by Crippen LogP contribution is 2.18. The topological polar surface area (TPSA) is 43.8 Å². The van der Waals surface area contributed by atoms with Crippen LogP contribution in [0, 0.1) is 6.92 Å². The average Bonchev–Trinajstić information content (AvgIpc) is 2.76. The van der Waals surface area contributed by atoms with Crippen molar-refractivity contribution in [1.82, 2.24) is 9.78 Å². The number of aryl methyl sites for hydroxylation is 1. The molecule has 0 amide bonds. The van der Waals surface area contributed by atoms with E-state index in [1.807, 2.05) is 17.8 Å². The minimum Gasteiger partial charge on any atom is -0.326 e. The highest BCUT2D eigenvalue weighted by molar-refractivity contribution is 7.11. The molecular formula is C10H12ClN3S. The average molecular weight is 242 g/mol. The van der Waals surface area contributed by atoms with Crippen LogP contribution in [-0.2, 0) is 13.1 Å². The van der Waals surface area contributed by atoms with Crippen molar-refractivity contribution in [1.29, 1.82) is 0 Å². The Morgan fingerprint density at radius 3 is 2.73 bits per heavy atom. The number of thiophene rings is 1. The molecule has 0 saturated carbocycles. The minimum atomic E-state index is 0.601. The third kappa shape index (κ3) is 2.40. The van der Waals surface area contributed by atoms with E-state index >= 15 is 0 Å². The molecule has 80 valence electrons. The zero-order valence-electron chi connectivity index (χ0n) is 8.40. The fourth-order valence-corrected chi connectivity index (χ4v) is 2.39. The number of rotatable bonds is 3. The number of aromatic nitrogens is 2. The van der Waals surface area contributed by atoms with Gasteiger partial charge in [0.2, 0.25) is 0 Å². The summed E-state index contributed by atoms with van der Waals surface area (Å²) < 4.78 is 1.85.